The van der Waals surface area contributed by atoms with Gasteiger partial charge in [-0.25, -0.2) is 4.39 Å². The van der Waals surface area contributed by atoms with E-state index in [-0.39, 0.29) is 5.82 Å². The Morgan fingerprint density at radius 2 is 1.93 bits per heavy atom. The highest BCUT2D eigenvalue weighted by molar-refractivity contribution is 5.77. The predicted octanol–water partition coefficient (Wildman–Crippen LogP) is 2.62. The van der Waals surface area contributed by atoms with Crippen molar-refractivity contribution in [2.45, 2.75) is 25.7 Å². The molecule has 2 rings (SSSR count). The highest BCUT2D eigenvalue weighted by atomic mass is 19.1. The Hall–Kier alpha value is -1.38. The number of aryl methyl sites for hydroxylation is 1. The quantitative estimate of drug-likeness (QED) is 0.825. The van der Waals surface area contributed by atoms with Crippen molar-refractivity contribution in [2.24, 2.45) is 5.41 Å². The molecule has 0 saturated heterocycles. The molecule has 1 aromatic rings. The van der Waals surface area contributed by atoms with Crippen LogP contribution in [0.3, 0.4) is 0 Å². The van der Waals surface area contributed by atoms with Crippen LogP contribution >= 0.6 is 0 Å². The fourth-order valence-corrected chi connectivity index (χ4v) is 1.76. The predicted molar refractivity (Wildman–Crippen MR) is 54.0 cm³/mol. The number of hydrogen-bond acceptors (Lipinski definition) is 1. The molecule has 1 aromatic carbocycles. The molecule has 1 aliphatic rings. The number of aliphatic carboxylic acids is 1. The summed E-state index contributed by atoms with van der Waals surface area (Å²) in [6.45, 7) is 0. The van der Waals surface area contributed by atoms with Crippen molar-refractivity contribution in [3.63, 3.8) is 0 Å². The van der Waals surface area contributed by atoms with Crippen LogP contribution in [-0.2, 0) is 11.2 Å². The summed E-state index contributed by atoms with van der Waals surface area (Å²) in [5, 5.41) is 8.97. The van der Waals surface area contributed by atoms with E-state index in [4.69, 9.17) is 5.11 Å². The molecule has 2 nitrogen and oxygen atoms in total. The Morgan fingerprint density at radius 3 is 2.40 bits per heavy atom. The topological polar surface area (TPSA) is 37.3 Å². The van der Waals surface area contributed by atoms with E-state index in [1.165, 1.54) is 12.1 Å². The smallest absolute Gasteiger partial charge is 0.309 e. The maximum absolute atomic E-state index is 12.6. The van der Waals surface area contributed by atoms with Crippen molar-refractivity contribution in [3.8, 4) is 0 Å². The van der Waals surface area contributed by atoms with Gasteiger partial charge >= 0.3 is 5.97 Å². The summed E-state index contributed by atoms with van der Waals surface area (Å²) < 4.78 is 12.6. The fraction of sp³-hybridized carbons (Fsp3) is 0.417. The van der Waals surface area contributed by atoms with E-state index >= 15 is 0 Å². The maximum Gasteiger partial charge on any atom is 0.309 e. The Kier molecular flexibility index (Phi) is 2.47. The molecule has 80 valence electrons. The molecule has 0 amide bonds. The molecule has 0 radical (unpaired) electrons. The minimum absolute atomic E-state index is 0.252. The second kappa shape index (κ2) is 3.65. The zero-order valence-electron chi connectivity index (χ0n) is 8.37. The van der Waals surface area contributed by atoms with Crippen LogP contribution in [0, 0.1) is 11.2 Å². The van der Waals surface area contributed by atoms with Crippen molar-refractivity contribution >= 4 is 5.97 Å². The molecule has 0 bridgehead atoms. The van der Waals surface area contributed by atoms with Crippen molar-refractivity contribution in [2.75, 3.05) is 0 Å². The molecule has 1 saturated carbocycles. The van der Waals surface area contributed by atoms with Gasteiger partial charge in [-0.3, -0.25) is 4.79 Å². The molecule has 15 heavy (non-hydrogen) atoms. The van der Waals surface area contributed by atoms with E-state index < -0.39 is 11.4 Å². The third-order valence-electron chi connectivity index (χ3n) is 3.11. The first-order valence-corrected chi connectivity index (χ1v) is 5.10. The van der Waals surface area contributed by atoms with Gasteiger partial charge in [0, 0.05) is 0 Å². The highest BCUT2D eigenvalue weighted by Crippen LogP contribution is 2.49. The first-order valence-electron chi connectivity index (χ1n) is 5.10. The van der Waals surface area contributed by atoms with Crippen LogP contribution in [0.4, 0.5) is 4.39 Å². The van der Waals surface area contributed by atoms with Gasteiger partial charge < -0.3 is 5.11 Å². The van der Waals surface area contributed by atoms with E-state index in [0.717, 1.165) is 18.4 Å². The summed E-state index contributed by atoms with van der Waals surface area (Å²) in [6.07, 6.45) is 2.94. The third kappa shape index (κ3) is 2.17. The minimum atomic E-state index is -0.690. The van der Waals surface area contributed by atoms with Gasteiger partial charge in [-0.15, -0.1) is 0 Å². The second-order valence-electron chi connectivity index (χ2n) is 4.21. The van der Waals surface area contributed by atoms with Gasteiger partial charge in [0.15, 0.2) is 0 Å². The normalized spacial score (nSPS) is 17.4. The molecule has 1 aliphatic carbocycles. The van der Waals surface area contributed by atoms with E-state index in [1.807, 2.05) is 0 Å². The molecule has 0 aromatic heterocycles. The lowest BCUT2D eigenvalue weighted by molar-refractivity contribution is -0.143. The number of benzene rings is 1. The van der Waals surface area contributed by atoms with Gasteiger partial charge in [-0.1, -0.05) is 12.1 Å². The summed E-state index contributed by atoms with van der Waals surface area (Å²) in [5.74, 6) is -0.942. The van der Waals surface area contributed by atoms with Crippen LogP contribution in [-0.4, -0.2) is 11.1 Å². The fourth-order valence-electron chi connectivity index (χ4n) is 1.76. The average molecular weight is 208 g/mol. The highest BCUT2D eigenvalue weighted by Gasteiger charge is 2.49. The molecular weight excluding hydrogens is 195 g/mol. The third-order valence-corrected chi connectivity index (χ3v) is 3.11. The van der Waals surface area contributed by atoms with Crippen LogP contribution in [0.15, 0.2) is 24.3 Å². The monoisotopic (exact) mass is 208 g/mol. The molecule has 0 aliphatic heterocycles. The lowest BCUT2D eigenvalue weighted by atomic mass is 9.97. The zero-order chi connectivity index (χ0) is 10.9. The molecule has 3 heteroatoms. The molecule has 0 spiro atoms. The number of hydrogen-bond donors (Lipinski definition) is 1. The van der Waals surface area contributed by atoms with Crippen molar-refractivity contribution in [1.29, 1.82) is 0 Å². The van der Waals surface area contributed by atoms with Gasteiger partial charge in [-0.2, -0.15) is 0 Å². The van der Waals surface area contributed by atoms with Crippen LogP contribution in [0.2, 0.25) is 0 Å². The summed E-state index contributed by atoms with van der Waals surface area (Å²) in [7, 11) is 0. The molecule has 0 atom stereocenters. The number of rotatable bonds is 4. The summed E-state index contributed by atoms with van der Waals surface area (Å²) in [4.78, 5) is 10.9. The lowest BCUT2D eigenvalue weighted by Crippen LogP contribution is -2.15. The Bertz CT molecular complexity index is 366. The van der Waals surface area contributed by atoms with Gasteiger partial charge in [-0.05, 0) is 43.4 Å². The van der Waals surface area contributed by atoms with Gasteiger partial charge in [0.2, 0.25) is 0 Å². The zero-order valence-corrected chi connectivity index (χ0v) is 8.37. The Labute approximate surface area is 87.7 Å². The molecule has 0 unspecified atom stereocenters. The van der Waals surface area contributed by atoms with E-state index in [9.17, 15) is 9.18 Å². The van der Waals surface area contributed by atoms with E-state index in [0.29, 0.717) is 12.8 Å². The molecular formula is C12H13FO2. The molecule has 1 N–H and O–H groups in total. The summed E-state index contributed by atoms with van der Waals surface area (Å²) in [5.41, 5.74) is 0.526. The van der Waals surface area contributed by atoms with Gasteiger partial charge in [0.25, 0.3) is 0 Å². The number of halogens is 1. The molecule has 0 heterocycles. The maximum atomic E-state index is 12.6. The summed E-state index contributed by atoms with van der Waals surface area (Å²) in [6, 6.07) is 6.26. The van der Waals surface area contributed by atoms with Crippen molar-refractivity contribution in [3.05, 3.63) is 35.6 Å². The van der Waals surface area contributed by atoms with Crippen molar-refractivity contribution in [1.82, 2.24) is 0 Å². The summed E-state index contributed by atoms with van der Waals surface area (Å²) >= 11 is 0. The Morgan fingerprint density at radius 1 is 1.33 bits per heavy atom. The first kappa shape index (κ1) is 10.1. The van der Waals surface area contributed by atoms with Gasteiger partial charge in [0.05, 0.1) is 5.41 Å². The van der Waals surface area contributed by atoms with Crippen LogP contribution < -0.4 is 0 Å². The lowest BCUT2D eigenvalue weighted by Gasteiger charge is -2.08. The second-order valence-corrected chi connectivity index (χ2v) is 4.21. The Balaban J connectivity index is 1.94. The standard InChI is InChI=1S/C12H13FO2/c13-10-3-1-9(2-4-10)5-6-12(7-8-12)11(14)15/h1-4H,5-8H2,(H,14,15). The van der Waals surface area contributed by atoms with Crippen molar-refractivity contribution < 1.29 is 14.3 Å². The van der Waals surface area contributed by atoms with E-state index in [1.54, 1.807) is 12.1 Å². The minimum Gasteiger partial charge on any atom is -0.481 e. The average Bonchev–Trinajstić information content (AvgIpc) is 2.98. The number of carbonyl (C=O) groups is 1. The van der Waals surface area contributed by atoms with Crippen LogP contribution in [0.1, 0.15) is 24.8 Å². The van der Waals surface area contributed by atoms with Crippen LogP contribution in [0.5, 0.6) is 0 Å². The van der Waals surface area contributed by atoms with E-state index in [2.05, 4.69) is 0 Å². The number of carboxylic acids is 1. The molecule has 1 fully saturated rings. The van der Waals surface area contributed by atoms with Gasteiger partial charge in [0.1, 0.15) is 5.82 Å². The largest absolute Gasteiger partial charge is 0.481 e. The number of carboxylic acid groups (broad SMARTS) is 1. The first-order chi connectivity index (χ1) is 7.12. The SMILES string of the molecule is O=C(O)C1(CCc2ccc(F)cc2)CC1. The van der Waals surface area contributed by atoms with Crippen LogP contribution in [0.25, 0.3) is 0 Å².